The molecule has 1 aromatic carbocycles. The summed E-state index contributed by atoms with van der Waals surface area (Å²) >= 11 is 0. The molecule has 1 heteroatoms. The largest absolute Gasteiger partial charge is 0.299 e. The van der Waals surface area contributed by atoms with Crippen LogP contribution in [0.1, 0.15) is 18.9 Å². The summed E-state index contributed by atoms with van der Waals surface area (Å²) in [6.45, 7) is 2.00. The number of allylic oxidation sites excluding steroid dienone is 4. The van der Waals surface area contributed by atoms with Crippen LogP contribution in [0.5, 0.6) is 0 Å². The molecule has 16 heavy (non-hydrogen) atoms. The Kier molecular flexibility index (Phi) is 5.94. The number of rotatable bonds is 6. The van der Waals surface area contributed by atoms with Crippen LogP contribution in [0, 0.1) is 5.92 Å². The van der Waals surface area contributed by atoms with Crippen molar-refractivity contribution in [2.75, 3.05) is 0 Å². The van der Waals surface area contributed by atoms with Crippen LogP contribution >= 0.6 is 0 Å². The molecule has 1 aromatic rings. The quantitative estimate of drug-likeness (QED) is 0.402. The minimum Gasteiger partial charge on any atom is -0.299 e. The third-order valence-corrected chi connectivity index (χ3v) is 2.49. The predicted molar refractivity (Wildman–Crippen MR) is 68.3 cm³/mol. The molecular weight excluding hydrogens is 196 g/mol. The zero-order chi connectivity index (χ0) is 11.6. The van der Waals surface area contributed by atoms with Crippen molar-refractivity contribution in [3.05, 3.63) is 60.2 Å². The van der Waals surface area contributed by atoms with E-state index in [2.05, 4.69) is 30.3 Å². The summed E-state index contributed by atoms with van der Waals surface area (Å²) in [6, 6.07) is 10.4. The minimum absolute atomic E-state index is 0.357. The van der Waals surface area contributed by atoms with Gasteiger partial charge in [-0.25, -0.2) is 0 Å². The van der Waals surface area contributed by atoms with Crippen LogP contribution in [0.25, 0.3) is 0 Å². The van der Waals surface area contributed by atoms with Gasteiger partial charge in [-0.15, -0.1) is 0 Å². The van der Waals surface area contributed by atoms with Gasteiger partial charge in [0.1, 0.15) is 6.29 Å². The van der Waals surface area contributed by atoms with E-state index in [1.165, 1.54) is 5.56 Å². The summed E-state index contributed by atoms with van der Waals surface area (Å²) < 4.78 is 0. The first kappa shape index (κ1) is 12.4. The fourth-order valence-electron chi connectivity index (χ4n) is 1.67. The first-order valence-electron chi connectivity index (χ1n) is 5.65. The molecule has 0 fully saturated rings. The summed E-state index contributed by atoms with van der Waals surface area (Å²) in [5.41, 5.74) is 1.34. The van der Waals surface area contributed by atoms with Crippen molar-refractivity contribution in [3.8, 4) is 0 Å². The standard InChI is InChI=1S/C15H18O/c1-2-7-14(10-6-13-16)11-12-15-8-4-3-5-9-15/h2-10,13-14H,11-12H2,1H3/b7-2+,10-6+/t14-/m1/s1. The summed E-state index contributed by atoms with van der Waals surface area (Å²) in [5, 5.41) is 0. The molecule has 0 saturated carbocycles. The Morgan fingerprint density at radius 1 is 1.19 bits per heavy atom. The van der Waals surface area contributed by atoms with Crippen LogP contribution in [0.15, 0.2) is 54.6 Å². The number of carbonyl (C=O) groups is 1. The molecule has 1 atom stereocenters. The zero-order valence-corrected chi connectivity index (χ0v) is 9.67. The second kappa shape index (κ2) is 7.63. The van der Waals surface area contributed by atoms with Crippen molar-refractivity contribution in [3.63, 3.8) is 0 Å². The monoisotopic (exact) mass is 214 g/mol. The normalized spacial score (nSPS) is 13.3. The maximum atomic E-state index is 10.3. The Morgan fingerprint density at radius 3 is 2.56 bits per heavy atom. The van der Waals surface area contributed by atoms with Gasteiger partial charge in [0, 0.05) is 0 Å². The predicted octanol–water partition coefficient (Wildman–Crippen LogP) is 3.57. The van der Waals surface area contributed by atoms with E-state index in [4.69, 9.17) is 0 Å². The van der Waals surface area contributed by atoms with Crippen molar-refractivity contribution in [1.29, 1.82) is 0 Å². The van der Waals surface area contributed by atoms with E-state index in [9.17, 15) is 4.79 Å². The Labute approximate surface area is 97.5 Å². The molecule has 0 aliphatic heterocycles. The van der Waals surface area contributed by atoms with Gasteiger partial charge in [-0.3, -0.25) is 4.79 Å². The molecule has 1 nitrogen and oxygen atoms in total. The highest BCUT2D eigenvalue weighted by molar-refractivity contribution is 5.64. The van der Waals surface area contributed by atoms with Gasteiger partial charge in [0.05, 0.1) is 0 Å². The maximum Gasteiger partial charge on any atom is 0.142 e. The van der Waals surface area contributed by atoms with Gasteiger partial charge in [0.2, 0.25) is 0 Å². The van der Waals surface area contributed by atoms with Crippen molar-refractivity contribution < 1.29 is 4.79 Å². The molecule has 0 saturated heterocycles. The summed E-state index contributed by atoms with van der Waals surface area (Å²) in [6.07, 6.45) is 10.6. The molecule has 0 bridgehead atoms. The fourth-order valence-corrected chi connectivity index (χ4v) is 1.67. The first-order chi connectivity index (χ1) is 7.86. The molecule has 0 radical (unpaired) electrons. The Balaban J connectivity index is 2.50. The molecule has 0 amide bonds. The number of hydrogen-bond donors (Lipinski definition) is 0. The molecule has 0 spiro atoms. The van der Waals surface area contributed by atoms with E-state index in [1.54, 1.807) is 6.08 Å². The number of hydrogen-bond acceptors (Lipinski definition) is 1. The first-order valence-corrected chi connectivity index (χ1v) is 5.65. The van der Waals surface area contributed by atoms with Crippen LogP contribution in [0.2, 0.25) is 0 Å². The van der Waals surface area contributed by atoms with E-state index < -0.39 is 0 Å². The zero-order valence-electron chi connectivity index (χ0n) is 9.67. The Hall–Kier alpha value is -1.63. The minimum atomic E-state index is 0.357. The lowest BCUT2D eigenvalue weighted by Gasteiger charge is -2.07. The van der Waals surface area contributed by atoms with Crippen molar-refractivity contribution in [2.45, 2.75) is 19.8 Å². The van der Waals surface area contributed by atoms with E-state index in [0.29, 0.717) is 5.92 Å². The number of aryl methyl sites for hydroxylation is 1. The third kappa shape index (κ3) is 4.74. The topological polar surface area (TPSA) is 17.1 Å². The molecule has 0 unspecified atom stereocenters. The van der Waals surface area contributed by atoms with Crippen molar-refractivity contribution in [1.82, 2.24) is 0 Å². The molecule has 0 aromatic heterocycles. The number of aldehydes is 1. The lowest BCUT2D eigenvalue weighted by atomic mass is 9.98. The molecular formula is C15H18O. The van der Waals surface area contributed by atoms with Crippen LogP contribution in [-0.2, 0) is 11.2 Å². The van der Waals surface area contributed by atoms with E-state index >= 15 is 0 Å². The highest BCUT2D eigenvalue weighted by Gasteiger charge is 2.00. The molecule has 0 aliphatic carbocycles. The lowest BCUT2D eigenvalue weighted by Crippen LogP contribution is -1.95. The molecule has 0 N–H and O–H groups in total. The lowest BCUT2D eigenvalue weighted by molar-refractivity contribution is -0.104. The number of benzene rings is 1. The van der Waals surface area contributed by atoms with Crippen LogP contribution in [0.3, 0.4) is 0 Å². The second-order valence-corrected chi connectivity index (χ2v) is 3.73. The smallest absolute Gasteiger partial charge is 0.142 e. The average molecular weight is 214 g/mol. The van der Waals surface area contributed by atoms with Gasteiger partial charge in [-0.2, -0.15) is 0 Å². The maximum absolute atomic E-state index is 10.3. The molecule has 0 aliphatic rings. The van der Waals surface area contributed by atoms with E-state index in [1.807, 2.05) is 25.1 Å². The van der Waals surface area contributed by atoms with Gasteiger partial charge in [0.15, 0.2) is 0 Å². The van der Waals surface area contributed by atoms with E-state index in [-0.39, 0.29) is 0 Å². The Bertz CT molecular complexity index is 349. The van der Waals surface area contributed by atoms with Crippen molar-refractivity contribution >= 4 is 6.29 Å². The highest BCUT2D eigenvalue weighted by Crippen LogP contribution is 2.12. The summed E-state index contributed by atoms with van der Waals surface area (Å²) in [7, 11) is 0. The molecule has 0 heterocycles. The third-order valence-electron chi connectivity index (χ3n) is 2.49. The van der Waals surface area contributed by atoms with Crippen LogP contribution < -0.4 is 0 Å². The second-order valence-electron chi connectivity index (χ2n) is 3.73. The average Bonchev–Trinajstić information content (AvgIpc) is 2.34. The van der Waals surface area contributed by atoms with E-state index in [0.717, 1.165) is 19.1 Å². The van der Waals surface area contributed by atoms with Gasteiger partial charge in [-0.1, -0.05) is 48.6 Å². The fraction of sp³-hybridized carbons (Fsp3) is 0.267. The summed E-state index contributed by atoms with van der Waals surface area (Å²) in [5.74, 6) is 0.357. The van der Waals surface area contributed by atoms with Gasteiger partial charge < -0.3 is 0 Å². The SMILES string of the molecule is C/C=C/[C@H](/C=C/C=O)CCc1ccccc1. The van der Waals surface area contributed by atoms with Gasteiger partial charge in [0.25, 0.3) is 0 Å². The number of carbonyl (C=O) groups excluding carboxylic acids is 1. The molecule has 84 valence electrons. The Morgan fingerprint density at radius 2 is 1.94 bits per heavy atom. The van der Waals surface area contributed by atoms with Gasteiger partial charge >= 0.3 is 0 Å². The molecule has 1 rings (SSSR count). The van der Waals surface area contributed by atoms with Crippen LogP contribution in [0.4, 0.5) is 0 Å². The highest BCUT2D eigenvalue weighted by atomic mass is 16.1. The van der Waals surface area contributed by atoms with Gasteiger partial charge in [-0.05, 0) is 37.3 Å². The van der Waals surface area contributed by atoms with Crippen LogP contribution in [-0.4, -0.2) is 6.29 Å². The van der Waals surface area contributed by atoms with Crippen molar-refractivity contribution in [2.24, 2.45) is 5.92 Å². The summed E-state index contributed by atoms with van der Waals surface area (Å²) in [4.78, 5) is 10.3.